The second kappa shape index (κ2) is 12.6. The largest absolute Gasteiger partial charge is 0.390 e. The van der Waals surface area contributed by atoms with Gasteiger partial charge in [-0.2, -0.15) is 0 Å². The molecule has 0 spiro atoms. The molecule has 1 N–H and O–H groups in total. The van der Waals surface area contributed by atoms with Gasteiger partial charge in [-0.15, -0.1) is 0 Å². The average Bonchev–Trinajstić information content (AvgIpc) is 2.81. The van der Waals surface area contributed by atoms with E-state index >= 15 is 0 Å². The molecule has 9 nitrogen and oxygen atoms in total. The van der Waals surface area contributed by atoms with Gasteiger partial charge in [0, 0.05) is 13.3 Å². The van der Waals surface area contributed by atoms with Crippen LogP contribution >= 0.6 is 0 Å². The zero-order valence-corrected chi connectivity index (χ0v) is 17.8. The molecule has 0 radical (unpaired) electrons. The number of aliphatic hydroxyl groups is 1. The summed E-state index contributed by atoms with van der Waals surface area (Å²) >= 11 is 0. The molecule has 0 bridgehead atoms. The van der Waals surface area contributed by atoms with Gasteiger partial charge in [-0.1, -0.05) is 0 Å². The maximum absolute atomic E-state index is 9.47. The van der Waals surface area contributed by atoms with E-state index < -0.39 is 5.60 Å². The molecule has 2 fully saturated rings. The van der Waals surface area contributed by atoms with Crippen molar-refractivity contribution in [2.24, 2.45) is 0 Å². The third-order valence-electron chi connectivity index (χ3n) is 5.46. The molecule has 1 aromatic rings. The maximum atomic E-state index is 9.47. The highest BCUT2D eigenvalue weighted by Crippen LogP contribution is 2.40. The molecule has 9 heteroatoms. The first-order valence-corrected chi connectivity index (χ1v) is 10.7. The Morgan fingerprint density at radius 1 is 1.17 bits per heavy atom. The second-order valence-electron chi connectivity index (χ2n) is 7.58. The third-order valence-corrected chi connectivity index (χ3v) is 5.46. The van der Waals surface area contributed by atoms with Crippen molar-refractivity contribution < 1.29 is 33.5 Å². The van der Waals surface area contributed by atoms with Gasteiger partial charge in [0.2, 0.25) is 0 Å². The monoisotopic (exact) mass is 426 g/mol. The van der Waals surface area contributed by atoms with Crippen molar-refractivity contribution in [2.45, 2.75) is 50.1 Å². The molecule has 2 aliphatic rings. The van der Waals surface area contributed by atoms with Crippen LogP contribution in [0.25, 0.3) is 0 Å². The smallest absolute Gasteiger partial charge is 0.160 e. The fraction of sp³-hybridized carbons (Fsp3) is 0.810. The number of aliphatic hydroxyl groups excluding tert-OH is 1. The summed E-state index contributed by atoms with van der Waals surface area (Å²) in [4.78, 5) is 9.01. The number of hydrogen-bond donors (Lipinski definition) is 1. The number of ether oxygens (including phenoxy) is 6. The van der Waals surface area contributed by atoms with Gasteiger partial charge in [0.1, 0.15) is 11.7 Å². The summed E-state index contributed by atoms with van der Waals surface area (Å²) < 4.78 is 34.0. The number of aromatic nitrogens is 2. The normalized spacial score (nSPS) is 27.3. The van der Waals surface area contributed by atoms with Crippen molar-refractivity contribution in [3.8, 4) is 0 Å². The minimum atomic E-state index is -0.597. The van der Waals surface area contributed by atoms with Gasteiger partial charge >= 0.3 is 0 Å². The van der Waals surface area contributed by atoms with Crippen LogP contribution in [0, 0.1) is 0 Å². The number of hydrogen-bond acceptors (Lipinski definition) is 9. The van der Waals surface area contributed by atoms with Crippen LogP contribution < -0.4 is 0 Å². The van der Waals surface area contributed by atoms with Crippen molar-refractivity contribution in [1.82, 2.24) is 9.97 Å². The Bertz CT molecular complexity index is 605. The van der Waals surface area contributed by atoms with Crippen LogP contribution in [-0.2, 0) is 40.6 Å². The summed E-state index contributed by atoms with van der Waals surface area (Å²) in [6.07, 6.45) is 4.99. The summed E-state index contributed by atoms with van der Waals surface area (Å²) in [5, 5.41) is 9.47. The SMILES string of the molecule is COCCOCCOC1(c2nccc(CO)n2)CCC(OCC2COCCO2)CC1. The average molecular weight is 427 g/mol. The Morgan fingerprint density at radius 2 is 2.00 bits per heavy atom. The molecular formula is C21H34N2O7. The summed E-state index contributed by atoms with van der Waals surface area (Å²) in [6.45, 7) is 4.29. The van der Waals surface area contributed by atoms with Crippen LogP contribution in [0.3, 0.4) is 0 Å². The van der Waals surface area contributed by atoms with Crippen molar-refractivity contribution in [2.75, 3.05) is 60.0 Å². The molecule has 1 aromatic heterocycles. The molecule has 0 aromatic carbocycles. The van der Waals surface area contributed by atoms with E-state index in [9.17, 15) is 5.11 Å². The summed E-state index contributed by atoms with van der Waals surface area (Å²) in [5.41, 5.74) is -0.00717. The Balaban J connectivity index is 1.55. The van der Waals surface area contributed by atoms with Crippen LogP contribution in [0.4, 0.5) is 0 Å². The van der Waals surface area contributed by atoms with Gasteiger partial charge in [-0.3, -0.25) is 0 Å². The van der Waals surface area contributed by atoms with E-state index in [-0.39, 0.29) is 18.8 Å². The fourth-order valence-corrected chi connectivity index (χ4v) is 3.78. The third kappa shape index (κ3) is 6.91. The summed E-state index contributed by atoms with van der Waals surface area (Å²) in [5.74, 6) is 0.619. The standard InChI is InChI=1S/C21H34N2O7/c1-25-8-9-26-11-13-30-21(20-22-7-4-17(14-24)23-20)5-2-18(3-6-21)29-16-19-15-27-10-12-28-19/h4,7,18-19,24H,2-3,5-6,8-16H2,1H3. The molecule has 170 valence electrons. The van der Waals surface area contributed by atoms with Crippen LogP contribution in [0.15, 0.2) is 12.3 Å². The Kier molecular flexibility index (Phi) is 9.86. The van der Waals surface area contributed by atoms with Gasteiger partial charge in [0.05, 0.1) is 71.3 Å². The summed E-state index contributed by atoms with van der Waals surface area (Å²) in [7, 11) is 1.65. The van der Waals surface area contributed by atoms with E-state index in [1.807, 2.05) is 0 Å². The quantitative estimate of drug-likeness (QED) is 0.494. The van der Waals surface area contributed by atoms with Gasteiger partial charge in [-0.05, 0) is 31.7 Å². The number of nitrogens with zero attached hydrogens (tertiary/aromatic N) is 2. The zero-order chi connectivity index (χ0) is 21.1. The first kappa shape index (κ1) is 23.5. The number of rotatable bonds is 12. The molecule has 1 aliphatic carbocycles. The van der Waals surface area contributed by atoms with Crippen molar-refractivity contribution >= 4 is 0 Å². The fourth-order valence-electron chi connectivity index (χ4n) is 3.78. The lowest BCUT2D eigenvalue weighted by atomic mass is 9.82. The van der Waals surface area contributed by atoms with Gasteiger partial charge in [0.15, 0.2) is 5.82 Å². The molecule has 0 amide bonds. The first-order chi connectivity index (χ1) is 14.8. The topological polar surface area (TPSA) is 101 Å². The van der Waals surface area contributed by atoms with E-state index in [0.29, 0.717) is 64.4 Å². The van der Waals surface area contributed by atoms with Crippen LogP contribution in [0.1, 0.15) is 37.2 Å². The Morgan fingerprint density at radius 3 is 2.73 bits per heavy atom. The molecule has 2 heterocycles. The molecule has 1 atom stereocenters. The van der Waals surface area contributed by atoms with Crippen LogP contribution in [0.2, 0.25) is 0 Å². The minimum Gasteiger partial charge on any atom is -0.390 e. The first-order valence-electron chi connectivity index (χ1n) is 10.7. The molecular weight excluding hydrogens is 392 g/mol. The molecule has 1 aliphatic heterocycles. The van der Waals surface area contributed by atoms with E-state index in [1.54, 1.807) is 19.4 Å². The van der Waals surface area contributed by atoms with Crippen molar-refractivity contribution in [1.29, 1.82) is 0 Å². The molecule has 30 heavy (non-hydrogen) atoms. The van der Waals surface area contributed by atoms with Crippen molar-refractivity contribution in [3.63, 3.8) is 0 Å². The highest BCUT2D eigenvalue weighted by atomic mass is 16.6. The van der Waals surface area contributed by atoms with Gasteiger partial charge in [-0.25, -0.2) is 9.97 Å². The molecule has 3 rings (SSSR count). The van der Waals surface area contributed by atoms with E-state index in [1.165, 1.54) is 0 Å². The predicted molar refractivity (Wildman–Crippen MR) is 107 cm³/mol. The summed E-state index contributed by atoms with van der Waals surface area (Å²) in [6, 6.07) is 1.71. The zero-order valence-electron chi connectivity index (χ0n) is 17.8. The highest BCUT2D eigenvalue weighted by molar-refractivity contribution is 5.10. The Labute approximate surface area is 178 Å². The van der Waals surface area contributed by atoms with Gasteiger partial charge in [0.25, 0.3) is 0 Å². The lowest BCUT2D eigenvalue weighted by Crippen LogP contribution is -2.41. The number of methoxy groups -OCH3 is 1. The van der Waals surface area contributed by atoms with Crippen LogP contribution in [-0.4, -0.2) is 87.2 Å². The Hall–Kier alpha value is -1.20. The van der Waals surface area contributed by atoms with Crippen LogP contribution in [0.5, 0.6) is 0 Å². The molecule has 1 saturated heterocycles. The van der Waals surface area contributed by atoms with Crippen molar-refractivity contribution in [3.05, 3.63) is 23.8 Å². The molecule has 1 unspecified atom stereocenters. The predicted octanol–water partition coefficient (Wildman–Crippen LogP) is 1.22. The van der Waals surface area contributed by atoms with Gasteiger partial charge < -0.3 is 33.5 Å². The van der Waals surface area contributed by atoms with E-state index in [2.05, 4.69) is 9.97 Å². The maximum Gasteiger partial charge on any atom is 0.160 e. The lowest BCUT2D eigenvalue weighted by molar-refractivity contribution is -0.147. The molecule has 1 saturated carbocycles. The van der Waals surface area contributed by atoms with E-state index in [0.717, 1.165) is 25.7 Å². The highest BCUT2D eigenvalue weighted by Gasteiger charge is 2.41. The minimum absolute atomic E-state index is 0.00972. The second-order valence-corrected chi connectivity index (χ2v) is 7.58. The lowest BCUT2D eigenvalue weighted by Gasteiger charge is -2.39. The van der Waals surface area contributed by atoms with E-state index in [4.69, 9.17) is 28.4 Å².